The van der Waals surface area contributed by atoms with Gasteiger partial charge in [-0.25, -0.2) is 24.9 Å². The highest BCUT2D eigenvalue weighted by Gasteiger charge is 2.13. The smallest absolute Gasteiger partial charge is 0.227 e. The number of aryl methyl sites for hydroxylation is 5. The van der Waals surface area contributed by atoms with Crippen molar-refractivity contribution in [2.75, 3.05) is 0 Å². The highest BCUT2D eigenvalue weighted by Crippen LogP contribution is 2.30. The summed E-state index contributed by atoms with van der Waals surface area (Å²) in [5.41, 5.74) is 12.2. The van der Waals surface area contributed by atoms with E-state index in [4.69, 9.17) is 22.1 Å². The first-order valence-corrected chi connectivity index (χ1v) is 17.1. The summed E-state index contributed by atoms with van der Waals surface area (Å²) in [7, 11) is 0. The van der Waals surface area contributed by atoms with Crippen LogP contribution in [-0.4, -0.2) is 24.9 Å². The second kappa shape index (κ2) is 14.4. The van der Waals surface area contributed by atoms with Crippen molar-refractivity contribution < 1.29 is 22.1 Å². The Labute approximate surface area is 299 Å². The molecule has 0 radical (unpaired) electrons. The highest BCUT2D eigenvalue weighted by molar-refractivity contribution is 5.91. The maximum absolute atomic E-state index is 5.82. The van der Waals surface area contributed by atoms with E-state index in [0.29, 0.717) is 29.1 Å². The first-order chi connectivity index (χ1) is 25.2. The highest BCUT2D eigenvalue weighted by atomic mass is 16.4. The van der Waals surface area contributed by atoms with Crippen molar-refractivity contribution in [3.05, 3.63) is 126 Å². The van der Waals surface area contributed by atoms with Crippen LogP contribution in [-0.2, 0) is 0 Å². The number of nitrogens with zero attached hydrogens (tertiary/aromatic N) is 5. The fourth-order valence-electron chi connectivity index (χ4n) is 5.56. The molecule has 10 heteroatoms. The Morgan fingerprint density at radius 3 is 1.27 bits per heavy atom. The average Bonchev–Trinajstić information content (AvgIpc) is 3.97. The Bertz CT molecular complexity index is 2470. The first kappa shape index (κ1) is 33.9. The molecule has 10 nitrogen and oxygen atoms in total. The molecule has 0 aliphatic rings. The second-order valence-corrected chi connectivity index (χ2v) is 12.0. The van der Waals surface area contributed by atoms with Gasteiger partial charge in [-0.2, -0.15) is 0 Å². The molecule has 0 N–H and O–H groups in total. The molecule has 0 atom stereocenters. The molecule has 0 aliphatic heterocycles. The third-order valence-electron chi connectivity index (χ3n) is 8.01. The Hall–Kier alpha value is -6.55. The number of hydrogen-bond donors (Lipinski definition) is 0. The van der Waals surface area contributed by atoms with Crippen LogP contribution in [0.1, 0.15) is 42.6 Å². The van der Waals surface area contributed by atoms with Gasteiger partial charge >= 0.3 is 0 Å². The Balaban J connectivity index is 0.000000125. The van der Waals surface area contributed by atoms with E-state index >= 15 is 0 Å². The van der Waals surface area contributed by atoms with Crippen LogP contribution in [0, 0.1) is 34.6 Å². The number of oxazole rings is 5. The van der Waals surface area contributed by atoms with E-state index in [1.165, 1.54) is 11.1 Å². The largest absolute Gasteiger partial charge is 0.441 e. The molecular weight excluding hydrogens is 654 g/mol. The number of rotatable bonds is 2. The van der Waals surface area contributed by atoms with Gasteiger partial charge in [-0.05, 0) is 56.3 Å². The summed E-state index contributed by atoms with van der Waals surface area (Å²) in [5.74, 6) is 3.24. The number of hydrogen-bond acceptors (Lipinski definition) is 10. The molecule has 0 saturated carbocycles. The van der Waals surface area contributed by atoms with Crippen molar-refractivity contribution >= 4 is 55.5 Å². The first-order valence-electron chi connectivity index (χ1n) is 17.1. The fraction of sp³-hybridized carbons (Fsp3) is 0.167. The lowest BCUT2D eigenvalue weighted by molar-refractivity contribution is 0.559. The van der Waals surface area contributed by atoms with E-state index in [0.717, 1.165) is 66.9 Å². The topological polar surface area (TPSA) is 130 Å². The minimum atomic E-state index is 0.615. The van der Waals surface area contributed by atoms with Crippen LogP contribution >= 0.6 is 0 Å². The molecule has 0 unspecified atom stereocenters. The maximum Gasteiger partial charge on any atom is 0.227 e. The third-order valence-corrected chi connectivity index (χ3v) is 8.01. The average molecular weight is 692 g/mol. The molecule has 0 bridgehead atoms. The van der Waals surface area contributed by atoms with Gasteiger partial charge in [0.2, 0.25) is 11.8 Å². The van der Waals surface area contributed by atoms with Gasteiger partial charge in [0, 0.05) is 50.1 Å². The Morgan fingerprint density at radius 2 is 0.731 bits per heavy atom. The van der Waals surface area contributed by atoms with Crippen LogP contribution in [0.2, 0.25) is 0 Å². The summed E-state index contributed by atoms with van der Waals surface area (Å²) < 4.78 is 27.9. The molecule has 52 heavy (non-hydrogen) atoms. The minimum absolute atomic E-state index is 0.615. The maximum atomic E-state index is 5.82. The van der Waals surface area contributed by atoms with Gasteiger partial charge < -0.3 is 22.1 Å². The fourth-order valence-corrected chi connectivity index (χ4v) is 5.56. The molecule has 0 spiro atoms. The molecule has 5 heterocycles. The normalized spacial score (nSPS) is 11.0. The quantitative estimate of drug-likeness (QED) is 0.172. The summed E-state index contributed by atoms with van der Waals surface area (Å²) in [6.45, 7) is 13.6. The number of benzene rings is 5. The molecule has 260 valence electrons. The number of fused-ring (bicyclic) bond motifs is 5. The van der Waals surface area contributed by atoms with Gasteiger partial charge in [-0.1, -0.05) is 61.4 Å². The second-order valence-electron chi connectivity index (χ2n) is 12.0. The lowest BCUT2D eigenvalue weighted by atomic mass is 10.1. The van der Waals surface area contributed by atoms with Crippen molar-refractivity contribution in [1.29, 1.82) is 0 Å². The van der Waals surface area contributed by atoms with Crippen molar-refractivity contribution in [2.24, 2.45) is 0 Å². The molecule has 10 aromatic rings. The van der Waals surface area contributed by atoms with Gasteiger partial charge in [0.1, 0.15) is 27.6 Å². The Kier molecular flexibility index (Phi) is 9.37. The van der Waals surface area contributed by atoms with E-state index in [2.05, 4.69) is 38.8 Å². The van der Waals surface area contributed by atoms with Crippen LogP contribution in [0.4, 0.5) is 0 Å². The molecule has 5 aromatic carbocycles. The van der Waals surface area contributed by atoms with Crippen molar-refractivity contribution in [3.8, 4) is 22.9 Å². The predicted octanol–water partition coefficient (Wildman–Crippen LogP) is 11.7. The van der Waals surface area contributed by atoms with E-state index in [1.54, 1.807) is 0 Å². The monoisotopic (exact) mass is 691 g/mol. The van der Waals surface area contributed by atoms with Gasteiger partial charge in [-0.3, -0.25) is 0 Å². The van der Waals surface area contributed by atoms with E-state index in [-0.39, 0.29) is 0 Å². The van der Waals surface area contributed by atoms with Crippen LogP contribution in [0.25, 0.3) is 78.4 Å². The Morgan fingerprint density at radius 1 is 0.346 bits per heavy atom. The predicted molar refractivity (Wildman–Crippen MR) is 203 cm³/mol. The van der Waals surface area contributed by atoms with Crippen LogP contribution in [0.15, 0.2) is 119 Å². The molecule has 5 aromatic heterocycles. The summed E-state index contributed by atoms with van der Waals surface area (Å²) in [6.07, 6.45) is 0. The van der Waals surface area contributed by atoms with Gasteiger partial charge in [0.15, 0.2) is 45.6 Å². The number of para-hydroxylation sites is 2. The van der Waals surface area contributed by atoms with Gasteiger partial charge in [0.05, 0.1) is 0 Å². The molecular formula is C42H37N5O5. The zero-order valence-corrected chi connectivity index (χ0v) is 30.0. The van der Waals surface area contributed by atoms with Crippen molar-refractivity contribution in [2.45, 2.75) is 48.5 Å². The van der Waals surface area contributed by atoms with Crippen LogP contribution < -0.4 is 0 Å². The molecule has 10 rings (SSSR count). The minimum Gasteiger partial charge on any atom is -0.441 e. The van der Waals surface area contributed by atoms with Crippen molar-refractivity contribution in [3.63, 3.8) is 0 Å². The van der Waals surface area contributed by atoms with Gasteiger partial charge in [0.25, 0.3) is 0 Å². The standard InChI is InChI=1S/2C16H12N2O2.C8H7NO.C2H6/c1-9-3-5-11(6-4-9)16-18-13-8-14-12(7-15(13)20-16)17-10(2)19-14;1-9-3-5-11(6-4-9)16-18-13-7-12-14(8-15(13)20-16)19-10(2)17-12;1-6-9-7-4-2-3-5-8(7)10-6;1-2/h2*3-8H,1-2H3;2-5H,1H3;1-2H3. The third kappa shape index (κ3) is 7.18. The van der Waals surface area contributed by atoms with Crippen LogP contribution in [0.3, 0.4) is 0 Å². The molecule has 0 aliphatic carbocycles. The van der Waals surface area contributed by atoms with E-state index < -0.39 is 0 Å². The van der Waals surface area contributed by atoms with E-state index in [9.17, 15) is 0 Å². The lowest BCUT2D eigenvalue weighted by Crippen LogP contribution is -1.77. The molecule has 0 fully saturated rings. The SMILES string of the molecule is CC.Cc1ccc(-c2nc3cc4nc(C)oc4cc3o2)cc1.Cc1ccc(-c2nc3cc4oc(C)nc4cc3o2)cc1.Cc1nc2ccccc2o1. The van der Waals surface area contributed by atoms with Crippen LogP contribution in [0.5, 0.6) is 0 Å². The summed E-state index contributed by atoms with van der Waals surface area (Å²) in [6, 6.07) is 31.4. The van der Waals surface area contributed by atoms with Crippen molar-refractivity contribution in [1.82, 2.24) is 24.9 Å². The zero-order valence-electron chi connectivity index (χ0n) is 30.0. The summed E-state index contributed by atoms with van der Waals surface area (Å²) in [5, 5.41) is 0. The number of aromatic nitrogens is 5. The van der Waals surface area contributed by atoms with Gasteiger partial charge in [-0.15, -0.1) is 0 Å². The summed E-state index contributed by atoms with van der Waals surface area (Å²) in [4.78, 5) is 21.8. The zero-order chi connectivity index (χ0) is 36.4. The molecule has 0 saturated heterocycles. The molecule has 0 amide bonds. The lowest BCUT2D eigenvalue weighted by Gasteiger charge is -1.95. The summed E-state index contributed by atoms with van der Waals surface area (Å²) >= 11 is 0. The van der Waals surface area contributed by atoms with E-state index in [1.807, 2.05) is 132 Å².